The van der Waals surface area contributed by atoms with Gasteiger partial charge in [-0.2, -0.15) is 0 Å². The van der Waals surface area contributed by atoms with Gasteiger partial charge in [0.1, 0.15) is 11.5 Å². The van der Waals surface area contributed by atoms with Crippen molar-refractivity contribution in [2.24, 2.45) is 0 Å². The number of furan rings is 1. The molecule has 0 radical (unpaired) electrons. The molecule has 9 heteroatoms. The highest BCUT2D eigenvalue weighted by atomic mass is 32.2. The first-order chi connectivity index (χ1) is 13.7. The Morgan fingerprint density at radius 2 is 1.86 bits per heavy atom. The van der Waals surface area contributed by atoms with E-state index in [1.165, 1.54) is 25.3 Å². The summed E-state index contributed by atoms with van der Waals surface area (Å²) in [6.07, 6.45) is 1.41. The third-order valence-electron chi connectivity index (χ3n) is 4.32. The van der Waals surface area contributed by atoms with Crippen molar-refractivity contribution in [1.29, 1.82) is 0 Å². The molecule has 0 aliphatic carbocycles. The summed E-state index contributed by atoms with van der Waals surface area (Å²) >= 11 is 0. The maximum Gasteiger partial charge on any atom is 0.340 e. The van der Waals surface area contributed by atoms with Gasteiger partial charge in [-0.3, -0.25) is 4.79 Å². The number of allylic oxidation sites excluding steroid dienone is 1. The minimum absolute atomic E-state index is 0.0652. The summed E-state index contributed by atoms with van der Waals surface area (Å²) in [5.41, 5.74) is 1.61. The average Bonchev–Trinajstić information content (AvgIpc) is 3.24. The van der Waals surface area contributed by atoms with Gasteiger partial charge in [0.2, 0.25) is 10.0 Å². The second-order valence-corrected chi connectivity index (χ2v) is 8.21. The quantitative estimate of drug-likeness (QED) is 0.550. The number of hydrogen-bond donors (Lipinski definition) is 2. The first-order valence-corrected chi connectivity index (χ1v) is 10.2. The predicted octanol–water partition coefficient (Wildman–Crippen LogP) is 2.03. The van der Waals surface area contributed by atoms with Crippen LogP contribution in [0.4, 0.5) is 0 Å². The summed E-state index contributed by atoms with van der Waals surface area (Å²) in [4.78, 5) is 24.2. The molecule has 1 aromatic heterocycles. The van der Waals surface area contributed by atoms with Gasteiger partial charge in [0.15, 0.2) is 0 Å². The van der Waals surface area contributed by atoms with Crippen LogP contribution in [-0.4, -0.2) is 27.4 Å². The van der Waals surface area contributed by atoms with Crippen molar-refractivity contribution >= 4 is 28.0 Å². The average molecular weight is 416 g/mol. The highest BCUT2D eigenvalue weighted by Gasteiger charge is 2.31. The van der Waals surface area contributed by atoms with Crippen molar-refractivity contribution in [2.75, 3.05) is 7.11 Å². The number of hydrogen-bond acceptors (Lipinski definition) is 6. The molecule has 2 aromatic rings. The normalized spacial score (nSPS) is 15.7. The Morgan fingerprint density at radius 1 is 1.17 bits per heavy atom. The number of amides is 1. The van der Waals surface area contributed by atoms with E-state index in [1.54, 1.807) is 31.2 Å². The van der Waals surface area contributed by atoms with Crippen LogP contribution in [0.1, 0.15) is 24.0 Å². The third kappa shape index (κ3) is 4.47. The van der Waals surface area contributed by atoms with Crippen LogP contribution < -0.4 is 10.0 Å². The molecule has 0 fully saturated rings. The lowest BCUT2D eigenvalue weighted by Gasteiger charge is -2.05. The van der Waals surface area contributed by atoms with Gasteiger partial charge in [-0.25, -0.2) is 17.9 Å². The Hall–Kier alpha value is -3.17. The van der Waals surface area contributed by atoms with Crippen molar-refractivity contribution in [3.05, 3.63) is 70.3 Å². The van der Waals surface area contributed by atoms with Crippen molar-refractivity contribution in [1.82, 2.24) is 10.0 Å². The van der Waals surface area contributed by atoms with Crippen molar-refractivity contribution in [3.8, 4) is 0 Å². The number of benzene rings is 1. The Labute approximate surface area is 168 Å². The number of aryl methyl sites for hydroxylation is 1. The number of methoxy groups -OCH3 is 1. The van der Waals surface area contributed by atoms with E-state index in [0.29, 0.717) is 17.2 Å². The predicted molar refractivity (Wildman–Crippen MR) is 105 cm³/mol. The van der Waals surface area contributed by atoms with E-state index >= 15 is 0 Å². The second kappa shape index (κ2) is 8.06. The number of sulfonamides is 1. The summed E-state index contributed by atoms with van der Waals surface area (Å²) in [6, 6.07) is 9.65. The third-order valence-corrected chi connectivity index (χ3v) is 5.73. The van der Waals surface area contributed by atoms with Gasteiger partial charge in [0.05, 0.1) is 29.7 Å². The molecule has 1 aliphatic heterocycles. The molecular formula is C20H20N2O6S. The summed E-state index contributed by atoms with van der Waals surface area (Å²) in [5, 5.41) is 2.56. The number of ether oxygens (including phenoxy) is 1. The largest absolute Gasteiger partial charge is 0.465 e. The maximum atomic E-state index is 12.4. The smallest absolute Gasteiger partial charge is 0.340 e. The highest BCUT2D eigenvalue weighted by molar-refractivity contribution is 7.89. The van der Waals surface area contributed by atoms with E-state index in [0.717, 1.165) is 5.56 Å². The first-order valence-electron chi connectivity index (χ1n) is 8.69. The molecule has 0 saturated heterocycles. The molecule has 0 spiro atoms. The molecule has 0 bridgehead atoms. The fourth-order valence-corrected chi connectivity index (χ4v) is 3.79. The van der Waals surface area contributed by atoms with Gasteiger partial charge < -0.3 is 14.5 Å². The first kappa shape index (κ1) is 20.6. The van der Waals surface area contributed by atoms with Crippen LogP contribution in [0.5, 0.6) is 0 Å². The Bertz CT molecular complexity index is 1120. The van der Waals surface area contributed by atoms with Crippen LogP contribution in [-0.2, 0) is 30.9 Å². The summed E-state index contributed by atoms with van der Waals surface area (Å²) in [6.45, 7) is 3.40. The summed E-state index contributed by atoms with van der Waals surface area (Å²) < 4.78 is 37.5. The Balaban J connectivity index is 1.76. The van der Waals surface area contributed by atoms with E-state index in [4.69, 9.17) is 9.15 Å². The zero-order chi connectivity index (χ0) is 21.2. The van der Waals surface area contributed by atoms with Gasteiger partial charge in [-0.1, -0.05) is 17.7 Å². The van der Waals surface area contributed by atoms with Crippen LogP contribution in [0, 0.1) is 6.92 Å². The number of nitrogens with one attached hydrogen (secondary N) is 2. The molecular weight excluding hydrogens is 396 g/mol. The topological polar surface area (TPSA) is 115 Å². The van der Waals surface area contributed by atoms with Crippen molar-refractivity contribution in [2.45, 2.75) is 25.3 Å². The van der Waals surface area contributed by atoms with E-state index in [1.807, 2.05) is 6.92 Å². The number of carbonyl (C=O) groups excluding carboxylic acids is 2. The van der Waals surface area contributed by atoms with E-state index in [2.05, 4.69) is 10.0 Å². The summed E-state index contributed by atoms with van der Waals surface area (Å²) in [5.74, 6) is -0.423. The fraction of sp³-hybridized carbons (Fsp3) is 0.200. The van der Waals surface area contributed by atoms with Crippen LogP contribution in [0.15, 0.2) is 62.6 Å². The lowest BCUT2D eigenvalue weighted by atomic mass is 10.1. The van der Waals surface area contributed by atoms with Gasteiger partial charge in [-0.15, -0.1) is 0 Å². The Kier molecular flexibility index (Phi) is 5.71. The molecule has 0 saturated carbocycles. The van der Waals surface area contributed by atoms with Crippen molar-refractivity contribution < 1.29 is 27.2 Å². The van der Waals surface area contributed by atoms with Crippen molar-refractivity contribution in [3.63, 3.8) is 0 Å². The standard InChI is InChI=1S/C20H20N2O6S/c1-12-4-8-16(9-5-12)29(25,26)21-11-15-7-6-14(28-15)10-17-18(20(24)27-3)13(2)22-19(17)23/h4-10,21H,11H2,1-3H3,(H,22,23)/b17-10+. The van der Waals surface area contributed by atoms with Gasteiger partial charge in [0.25, 0.3) is 5.91 Å². The molecule has 29 heavy (non-hydrogen) atoms. The molecule has 1 aliphatic rings. The molecule has 152 valence electrons. The zero-order valence-electron chi connectivity index (χ0n) is 16.1. The second-order valence-electron chi connectivity index (χ2n) is 6.45. The number of rotatable bonds is 6. The fourth-order valence-electron chi connectivity index (χ4n) is 2.79. The molecule has 0 atom stereocenters. The molecule has 0 unspecified atom stereocenters. The SMILES string of the molecule is COC(=O)C1=C(C)NC(=O)/C1=C/c1ccc(CNS(=O)(=O)c2ccc(C)cc2)o1. The van der Waals surface area contributed by atoms with Crippen LogP contribution >= 0.6 is 0 Å². The highest BCUT2D eigenvalue weighted by Crippen LogP contribution is 2.25. The molecule has 1 amide bonds. The summed E-state index contributed by atoms with van der Waals surface area (Å²) in [7, 11) is -2.46. The van der Waals surface area contributed by atoms with Crippen LogP contribution in [0.25, 0.3) is 6.08 Å². The minimum Gasteiger partial charge on any atom is -0.465 e. The lowest BCUT2D eigenvalue weighted by Crippen LogP contribution is -2.22. The van der Waals surface area contributed by atoms with Gasteiger partial charge >= 0.3 is 5.97 Å². The maximum absolute atomic E-state index is 12.4. The molecule has 1 aromatic carbocycles. The molecule has 2 heterocycles. The van der Waals surface area contributed by atoms with Gasteiger partial charge in [0, 0.05) is 5.70 Å². The molecule has 8 nitrogen and oxygen atoms in total. The van der Waals surface area contributed by atoms with Gasteiger partial charge in [-0.05, 0) is 44.2 Å². The van der Waals surface area contributed by atoms with E-state index < -0.39 is 21.9 Å². The van der Waals surface area contributed by atoms with E-state index in [9.17, 15) is 18.0 Å². The lowest BCUT2D eigenvalue weighted by molar-refractivity contribution is -0.136. The Morgan fingerprint density at radius 3 is 2.52 bits per heavy atom. The molecule has 2 N–H and O–H groups in total. The van der Waals surface area contributed by atoms with E-state index in [-0.39, 0.29) is 22.6 Å². The zero-order valence-corrected chi connectivity index (χ0v) is 16.9. The number of esters is 1. The molecule has 3 rings (SSSR count). The van der Waals surface area contributed by atoms with Crippen LogP contribution in [0.2, 0.25) is 0 Å². The monoisotopic (exact) mass is 416 g/mol. The van der Waals surface area contributed by atoms with Crippen LogP contribution in [0.3, 0.4) is 0 Å². The number of carbonyl (C=O) groups is 2. The minimum atomic E-state index is -3.69.